The number of ether oxygens (including phenoxy) is 1. The third-order valence-electron chi connectivity index (χ3n) is 3.82. The van der Waals surface area contributed by atoms with E-state index >= 15 is 0 Å². The smallest absolute Gasteiger partial charge is 0.176 e. The van der Waals surface area contributed by atoms with Crippen LogP contribution in [0.4, 0.5) is 0 Å². The maximum Gasteiger partial charge on any atom is 0.176 e. The van der Waals surface area contributed by atoms with Crippen LogP contribution in [0, 0.1) is 6.92 Å². The summed E-state index contributed by atoms with van der Waals surface area (Å²) in [5.74, 6) is 1.54. The average molecular weight is 360 g/mol. The van der Waals surface area contributed by atoms with Crippen molar-refractivity contribution in [1.29, 1.82) is 0 Å². The molecule has 0 radical (unpaired) electrons. The van der Waals surface area contributed by atoms with E-state index in [9.17, 15) is 0 Å². The number of halogens is 1. The van der Waals surface area contributed by atoms with Crippen molar-refractivity contribution in [2.75, 3.05) is 7.11 Å². The van der Waals surface area contributed by atoms with E-state index in [1.807, 2.05) is 24.0 Å². The van der Waals surface area contributed by atoms with E-state index in [0.29, 0.717) is 19.0 Å². The lowest BCUT2D eigenvalue weighted by Crippen LogP contribution is -2.06. The molecule has 6 nitrogen and oxygen atoms in total. The van der Waals surface area contributed by atoms with Crippen LogP contribution in [0.3, 0.4) is 0 Å². The predicted molar refractivity (Wildman–Crippen MR) is 84.8 cm³/mol. The summed E-state index contributed by atoms with van der Waals surface area (Å²) in [5.41, 5.74) is 4.22. The topological polar surface area (TPSA) is 57.8 Å². The van der Waals surface area contributed by atoms with Crippen LogP contribution in [0.1, 0.15) is 17.2 Å². The van der Waals surface area contributed by atoms with Crippen LogP contribution in [0.15, 0.2) is 29.0 Å². The number of aromatic nitrogens is 5. The molecule has 3 heterocycles. The summed E-state index contributed by atoms with van der Waals surface area (Å²) in [6.07, 6.45) is 1.86. The lowest BCUT2D eigenvalue weighted by Gasteiger charge is -2.08. The zero-order valence-corrected chi connectivity index (χ0v) is 13.8. The molecule has 1 aliphatic heterocycles. The molecule has 3 aromatic rings. The Morgan fingerprint density at radius 3 is 3.05 bits per heavy atom. The predicted octanol–water partition coefficient (Wildman–Crippen LogP) is 2.71. The van der Waals surface area contributed by atoms with Crippen LogP contribution in [0.25, 0.3) is 17.1 Å². The molecule has 0 aliphatic carbocycles. The Labute approximate surface area is 135 Å². The molecule has 1 aliphatic rings. The first-order valence-electron chi connectivity index (χ1n) is 6.93. The Morgan fingerprint density at radius 1 is 1.36 bits per heavy atom. The highest BCUT2D eigenvalue weighted by Gasteiger charge is 2.23. The van der Waals surface area contributed by atoms with Crippen LogP contribution in [0.5, 0.6) is 0 Å². The van der Waals surface area contributed by atoms with Crippen LogP contribution in [-0.2, 0) is 17.9 Å². The second-order valence-electron chi connectivity index (χ2n) is 5.25. The van der Waals surface area contributed by atoms with Gasteiger partial charge in [0, 0.05) is 17.1 Å². The molecule has 0 bridgehead atoms. The van der Waals surface area contributed by atoms with Crippen molar-refractivity contribution in [2.24, 2.45) is 0 Å². The highest BCUT2D eigenvalue weighted by molar-refractivity contribution is 9.10. The molecule has 7 heteroatoms. The molecule has 4 rings (SSSR count). The maximum absolute atomic E-state index is 5.16. The molecule has 112 valence electrons. The third-order valence-corrected chi connectivity index (χ3v) is 4.32. The quantitative estimate of drug-likeness (QED) is 0.552. The summed E-state index contributed by atoms with van der Waals surface area (Å²) < 4.78 is 10.2. The summed E-state index contributed by atoms with van der Waals surface area (Å²) in [5, 5.41) is 4.57. The van der Waals surface area contributed by atoms with Gasteiger partial charge in [0.05, 0.1) is 29.9 Å². The molecule has 22 heavy (non-hydrogen) atoms. The van der Waals surface area contributed by atoms with Gasteiger partial charge in [0.1, 0.15) is 6.61 Å². The normalized spacial score (nSPS) is 12.5. The molecule has 0 saturated heterocycles. The van der Waals surface area contributed by atoms with E-state index in [1.165, 1.54) is 0 Å². The highest BCUT2D eigenvalue weighted by Crippen LogP contribution is 2.33. The van der Waals surface area contributed by atoms with Crippen molar-refractivity contribution in [3.05, 3.63) is 46.2 Å². The number of hydrogen-bond acceptors (Lipinski definition) is 4. The maximum atomic E-state index is 5.16. The molecule has 0 amide bonds. The van der Waals surface area contributed by atoms with Gasteiger partial charge in [-0.15, -0.1) is 0 Å². The van der Waals surface area contributed by atoms with E-state index < -0.39 is 0 Å². The molecule has 0 spiro atoms. The van der Waals surface area contributed by atoms with E-state index in [2.05, 4.69) is 47.7 Å². The minimum Gasteiger partial charge on any atom is -0.377 e. The molecule has 0 atom stereocenters. The van der Waals surface area contributed by atoms with E-state index in [-0.39, 0.29) is 0 Å². The number of hydrogen-bond donors (Lipinski definition) is 0. The van der Waals surface area contributed by atoms with Gasteiger partial charge in [0.25, 0.3) is 0 Å². The SMILES string of the molecule is COCc1nc2n(n1)Cc1c(C)ncn1-c1ccc(Br)cc1-2. The lowest BCUT2D eigenvalue weighted by molar-refractivity contribution is 0.177. The molecule has 0 fully saturated rings. The monoisotopic (exact) mass is 359 g/mol. The summed E-state index contributed by atoms with van der Waals surface area (Å²) in [4.78, 5) is 9.09. The van der Waals surface area contributed by atoms with E-state index in [1.54, 1.807) is 7.11 Å². The number of methoxy groups -OCH3 is 1. The van der Waals surface area contributed by atoms with Gasteiger partial charge in [-0.05, 0) is 25.1 Å². The fraction of sp³-hybridized carbons (Fsp3) is 0.267. The molecular weight excluding hydrogens is 346 g/mol. The van der Waals surface area contributed by atoms with Crippen molar-refractivity contribution >= 4 is 15.9 Å². The van der Waals surface area contributed by atoms with Gasteiger partial charge in [0.2, 0.25) is 0 Å². The summed E-state index contributed by atoms with van der Waals surface area (Å²) >= 11 is 3.54. The number of imidazole rings is 1. The van der Waals surface area contributed by atoms with Crippen LogP contribution < -0.4 is 0 Å². The second kappa shape index (κ2) is 5.03. The molecular formula is C15H14BrN5O. The Kier molecular flexibility index (Phi) is 3.12. The molecule has 0 saturated carbocycles. The minimum atomic E-state index is 0.404. The number of benzene rings is 1. The zero-order chi connectivity index (χ0) is 15.3. The first kappa shape index (κ1) is 13.7. The Hall–Kier alpha value is -1.99. The average Bonchev–Trinajstić information content (AvgIpc) is 3.02. The Bertz CT molecular complexity index is 867. The highest BCUT2D eigenvalue weighted by atomic mass is 79.9. The Balaban J connectivity index is 2.01. The van der Waals surface area contributed by atoms with Gasteiger partial charge < -0.3 is 9.30 Å². The van der Waals surface area contributed by atoms with Crippen molar-refractivity contribution in [3.63, 3.8) is 0 Å². The molecule has 2 aromatic heterocycles. The van der Waals surface area contributed by atoms with Crippen molar-refractivity contribution in [2.45, 2.75) is 20.1 Å². The van der Waals surface area contributed by atoms with E-state index in [4.69, 9.17) is 4.74 Å². The van der Waals surface area contributed by atoms with Crippen molar-refractivity contribution in [1.82, 2.24) is 24.3 Å². The molecule has 1 aromatic carbocycles. The van der Waals surface area contributed by atoms with E-state index in [0.717, 1.165) is 32.9 Å². The van der Waals surface area contributed by atoms with Crippen LogP contribution >= 0.6 is 15.9 Å². The van der Waals surface area contributed by atoms with Gasteiger partial charge in [-0.3, -0.25) is 0 Å². The van der Waals surface area contributed by atoms with Gasteiger partial charge in [-0.1, -0.05) is 15.9 Å². The van der Waals surface area contributed by atoms with Crippen LogP contribution in [0.2, 0.25) is 0 Å². The summed E-state index contributed by atoms with van der Waals surface area (Å²) in [7, 11) is 1.65. The fourth-order valence-corrected chi connectivity index (χ4v) is 3.15. The number of aryl methyl sites for hydroxylation is 1. The van der Waals surface area contributed by atoms with Gasteiger partial charge >= 0.3 is 0 Å². The second-order valence-corrected chi connectivity index (χ2v) is 6.17. The summed E-state index contributed by atoms with van der Waals surface area (Å²) in [6, 6.07) is 6.17. The summed E-state index contributed by atoms with van der Waals surface area (Å²) in [6.45, 7) is 3.06. The van der Waals surface area contributed by atoms with Gasteiger partial charge in [0.15, 0.2) is 11.6 Å². The third kappa shape index (κ3) is 2.00. The first-order valence-corrected chi connectivity index (χ1v) is 7.72. The number of fused-ring (bicyclic) bond motifs is 5. The minimum absolute atomic E-state index is 0.404. The fourth-order valence-electron chi connectivity index (χ4n) is 2.79. The number of rotatable bonds is 2. The zero-order valence-electron chi connectivity index (χ0n) is 12.2. The lowest BCUT2D eigenvalue weighted by atomic mass is 10.1. The van der Waals surface area contributed by atoms with Gasteiger partial charge in [-0.25, -0.2) is 14.6 Å². The van der Waals surface area contributed by atoms with Crippen molar-refractivity contribution in [3.8, 4) is 17.1 Å². The van der Waals surface area contributed by atoms with Crippen LogP contribution in [-0.4, -0.2) is 31.4 Å². The Morgan fingerprint density at radius 2 is 2.23 bits per heavy atom. The standard InChI is InChI=1S/C15H14BrN5O/c1-9-13-6-21-15(18-14(19-21)7-22-2)11-5-10(16)3-4-12(11)20(13)8-17-9/h3-5,8H,6-7H2,1-2H3. The molecule has 0 unspecified atom stereocenters. The van der Waals surface area contributed by atoms with Crippen molar-refractivity contribution < 1.29 is 4.74 Å². The van der Waals surface area contributed by atoms with Gasteiger partial charge in [-0.2, -0.15) is 5.10 Å². The first-order chi connectivity index (χ1) is 10.7. The molecule has 0 N–H and O–H groups in total. The largest absolute Gasteiger partial charge is 0.377 e. The number of nitrogens with zero attached hydrogens (tertiary/aromatic N) is 5.